The normalized spacial score (nSPS) is 17.5. The molecule has 0 saturated carbocycles. The Balaban J connectivity index is 1.96. The zero-order valence-corrected chi connectivity index (χ0v) is 23.2. The summed E-state index contributed by atoms with van der Waals surface area (Å²) in [6.45, 7) is 2.97. The van der Waals surface area contributed by atoms with Crippen LogP contribution in [0.15, 0.2) is 42.5 Å². The van der Waals surface area contributed by atoms with Crippen molar-refractivity contribution in [2.24, 2.45) is 11.7 Å². The van der Waals surface area contributed by atoms with E-state index < -0.39 is 35.4 Å². The number of hydrogen-bond donors (Lipinski definition) is 4. The van der Waals surface area contributed by atoms with Crippen molar-refractivity contribution in [3.05, 3.63) is 59.4 Å². The van der Waals surface area contributed by atoms with Crippen LogP contribution >= 0.6 is 0 Å². The summed E-state index contributed by atoms with van der Waals surface area (Å²) in [7, 11) is 1.27. The number of aryl methyl sites for hydroxylation is 1. The third-order valence-electron chi connectivity index (χ3n) is 7.73. The second-order valence-corrected chi connectivity index (χ2v) is 10.3. The molecule has 1 fully saturated rings. The standard InChI is InChI=1S/C30H40FN3O6/c1-3-20-8-4-9-21(18-20)27-23(11-5-12-24(27)31)30(39,15-7-16-33-29(38)40-2)22-10-6-17-34(19-22)26(35)14-13-25(32)28(36)37/h4-5,8-9,11-12,18,22,25,39H,3,6-7,10,13-17,19,32H2,1-2H3,(H,33,38)(H,36,37)/t22-,25-,30?/m0/s1. The monoisotopic (exact) mass is 557 g/mol. The Morgan fingerprint density at radius 1 is 1.25 bits per heavy atom. The van der Waals surface area contributed by atoms with Crippen molar-refractivity contribution in [2.75, 3.05) is 26.7 Å². The summed E-state index contributed by atoms with van der Waals surface area (Å²) in [6.07, 6.45) is 2.00. The van der Waals surface area contributed by atoms with Gasteiger partial charge in [0.2, 0.25) is 5.91 Å². The van der Waals surface area contributed by atoms with Crippen LogP contribution in [0.2, 0.25) is 0 Å². The number of ether oxygens (including phenoxy) is 1. The zero-order valence-electron chi connectivity index (χ0n) is 23.2. The van der Waals surface area contributed by atoms with Gasteiger partial charge in [-0.2, -0.15) is 0 Å². The molecule has 0 aromatic heterocycles. The van der Waals surface area contributed by atoms with Crippen molar-refractivity contribution in [1.29, 1.82) is 0 Å². The number of amides is 2. The van der Waals surface area contributed by atoms with Crippen molar-refractivity contribution in [1.82, 2.24) is 10.2 Å². The number of nitrogens with one attached hydrogen (secondary N) is 1. The summed E-state index contributed by atoms with van der Waals surface area (Å²) < 4.78 is 20.2. The zero-order chi connectivity index (χ0) is 29.3. The maximum atomic E-state index is 15.5. The van der Waals surface area contributed by atoms with E-state index in [1.54, 1.807) is 17.0 Å². The van der Waals surface area contributed by atoms with E-state index in [1.165, 1.54) is 13.2 Å². The summed E-state index contributed by atoms with van der Waals surface area (Å²) >= 11 is 0. The molecule has 2 amide bonds. The number of aliphatic carboxylic acids is 1. The molecular weight excluding hydrogens is 517 g/mol. The minimum Gasteiger partial charge on any atom is -0.480 e. The molecule has 3 atom stereocenters. The SMILES string of the molecule is CCc1cccc(-c2c(F)cccc2C(O)(CCCNC(=O)OC)[C@H]2CCCN(C(=O)CC[C@H](N)C(=O)O)C2)c1. The van der Waals surface area contributed by atoms with E-state index in [1.807, 2.05) is 31.2 Å². The minimum atomic E-state index is -1.52. The topological polar surface area (TPSA) is 142 Å². The average Bonchev–Trinajstić information content (AvgIpc) is 2.97. The number of nitrogens with zero attached hydrogens (tertiary/aromatic N) is 1. The largest absolute Gasteiger partial charge is 0.480 e. The van der Waals surface area contributed by atoms with Crippen LogP contribution in [0, 0.1) is 11.7 Å². The Kier molecular flexibility index (Phi) is 11.0. The Bertz CT molecular complexity index is 1190. The van der Waals surface area contributed by atoms with Gasteiger partial charge in [-0.1, -0.05) is 43.3 Å². The molecule has 1 aliphatic heterocycles. The minimum absolute atomic E-state index is 0.0145. The number of carboxylic acids is 1. The van der Waals surface area contributed by atoms with E-state index in [0.717, 1.165) is 12.0 Å². The fourth-order valence-electron chi connectivity index (χ4n) is 5.46. The van der Waals surface area contributed by atoms with Crippen LogP contribution in [0.3, 0.4) is 0 Å². The Morgan fingerprint density at radius 2 is 2.00 bits per heavy atom. The van der Waals surface area contributed by atoms with Gasteiger partial charge in [0.25, 0.3) is 0 Å². The number of hydrogen-bond acceptors (Lipinski definition) is 6. The number of alkyl carbamates (subject to hydrolysis) is 1. The first-order chi connectivity index (χ1) is 19.1. The smallest absolute Gasteiger partial charge is 0.406 e. The van der Waals surface area contributed by atoms with Gasteiger partial charge in [0.1, 0.15) is 11.9 Å². The molecule has 1 saturated heterocycles. The van der Waals surface area contributed by atoms with Crippen LogP contribution in [-0.4, -0.2) is 65.9 Å². The molecule has 2 aromatic rings. The highest BCUT2D eigenvalue weighted by Gasteiger charge is 2.43. The number of carbonyl (C=O) groups excluding carboxylic acids is 2. The molecule has 218 valence electrons. The number of carbonyl (C=O) groups is 3. The number of methoxy groups -OCH3 is 1. The van der Waals surface area contributed by atoms with Crippen molar-refractivity contribution in [2.45, 2.75) is 63.5 Å². The van der Waals surface area contributed by atoms with Gasteiger partial charge >= 0.3 is 12.1 Å². The molecule has 0 radical (unpaired) electrons. The molecule has 9 nitrogen and oxygen atoms in total. The summed E-state index contributed by atoms with van der Waals surface area (Å²) in [5.41, 5.74) is 6.51. The van der Waals surface area contributed by atoms with Gasteiger partial charge in [-0.15, -0.1) is 0 Å². The predicted octanol–water partition coefficient (Wildman–Crippen LogP) is 3.81. The van der Waals surface area contributed by atoms with Gasteiger partial charge in [0, 0.05) is 37.5 Å². The second kappa shape index (κ2) is 14.2. The first-order valence-electron chi connectivity index (χ1n) is 13.8. The Hall–Kier alpha value is -3.50. The number of benzene rings is 2. The quantitative estimate of drug-likeness (QED) is 0.291. The van der Waals surface area contributed by atoms with Crippen LogP contribution in [0.25, 0.3) is 11.1 Å². The number of likely N-dealkylation sites (tertiary alicyclic amines) is 1. The van der Waals surface area contributed by atoms with E-state index in [2.05, 4.69) is 10.1 Å². The molecular formula is C30H40FN3O6. The van der Waals surface area contributed by atoms with Gasteiger partial charge < -0.3 is 30.9 Å². The van der Waals surface area contributed by atoms with Gasteiger partial charge in [0.15, 0.2) is 0 Å². The van der Waals surface area contributed by atoms with E-state index in [9.17, 15) is 19.5 Å². The number of piperidine rings is 1. The number of nitrogens with two attached hydrogens (primary N) is 1. The Labute approximate surface area is 234 Å². The van der Waals surface area contributed by atoms with E-state index in [-0.39, 0.29) is 38.3 Å². The number of aliphatic hydroxyl groups is 1. The molecule has 1 unspecified atom stereocenters. The van der Waals surface area contributed by atoms with Crippen LogP contribution in [0.4, 0.5) is 9.18 Å². The lowest BCUT2D eigenvalue weighted by molar-refractivity contribution is -0.139. The highest BCUT2D eigenvalue weighted by Crippen LogP contribution is 2.44. The highest BCUT2D eigenvalue weighted by atomic mass is 19.1. The molecule has 5 N–H and O–H groups in total. The first kappa shape index (κ1) is 31.0. The van der Waals surface area contributed by atoms with E-state index in [4.69, 9.17) is 10.8 Å². The molecule has 0 spiro atoms. The van der Waals surface area contributed by atoms with Crippen molar-refractivity contribution in [3.63, 3.8) is 0 Å². The van der Waals surface area contributed by atoms with Crippen LogP contribution in [-0.2, 0) is 26.3 Å². The molecule has 10 heteroatoms. The number of carboxylic acid groups (broad SMARTS) is 1. The van der Waals surface area contributed by atoms with E-state index in [0.29, 0.717) is 42.5 Å². The molecule has 1 heterocycles. The molecule has 0 aliphatic carbocycles. The lowest BCUT2D eigenvalue weighted by Crippen LogP contribution is -2.49. The maximum absolute atomic E-state index is 15.5. The van der Waals surface area contributed by atoms with Gasteiger partial charge in [-0.25, -0.2) is 9.18 Å². The Morgan fingerprint density at radius 3 is 2.70 bits per heavy atom. The van der Waals surface area contributed by atoms with Gasteiger partial charge in [-0.05, 0) is 61.3 Å². The third-order valence-corrected chi connectivity index (χ3v) is 7.73. The van der Waals surface area contributed by atoms with Crippen LogP contribution in [0.5, 0.6) is 0 Å². The summed E-state index contributed by atoms with van der Waals surface area (Å²) in [5, 5.41) is 24.2. The predicted molar refractivity (Wildman–Crippen MR) is 149 cm³/mol. The average molecular weight is 558 g/mol. The summed E-state index contributed by atoms with van der Waals surface area (Å²) in [5.74, 6) is -2.27. The third kappa shape index (κ3) is 7.57. The second-order valence-electron chi connectivity index (χ2n) is 10.3. The molecule has 1 aliphatic rings. The first-order valence-corrected chi connectivity index (χ1v) is 13.8. The van der Waals surface area contributed by atoms with E-state index >= 15 is 4.39 Å². The number of halogens is 1. The summed E-state index contributed by atoms with van der Waals surface area (Å²) in [6, 6.07) is 11.1. The molecule has 2 aromatic carbocycles. The lowest BCUT2D eigenvalue weighted by atomic mass is 9.72. The van der Waals surface area contributed by atoms with Crippen LogP contribution < -0.4 is 11.1 Å². The lowest BCUT2D eigenvalue weighted by Gasteiger charge is -2.44. The fraction of sp³-hybridized carbons (Fsp3) is 0.500. The molecule has 40 heavy (non-hydrogen) atoms. The van der Waals surface area contributed by atoms with Crippen LogP contribution in [0.1, 0.15) is 56.6 Å². The van der Waals surface area contributed by atoms with Crippen molar-refractivity contribution in [3.8, 4) is 11.1 Å². The van der Waals surface area contributed by atoms with Crippen molar-refractivity contribution < 1.29 is 33.7 Å². The maximum Gasteiger partial charge on any atom is 0.406 e. The molecule has 0 bridgehead atoms. The summed E-state index contributed by atoms with van der Waals surface area (Å²) in [4.78, 5) is 37.3. The molecule has 3 rings (SSSR count). The van der Waals surface area contributed by atoms with Crippen molar-refractivity contribution >= 4 is 18.0 Å². The number of rotatable bonds is 12. The van der Waals surface area contributed by atoms with Gasteiger partial charge in [0.05, 0.1) is 12.7 Å². The highest BCUT2D eigenvalue weighted by molar-refractivity contribution is 5.78. The fourth-order valence-corrected chi connectivity index (χ4v) is 5.46. The van der Waals surface area contributed by atoms with Gasteiger partial charge in [-0.3, -0.25) is 9.59 Å².